The van der Waals surface area contributed by atoms with Gasteiger partial charge in [-0.25, -0.2) is 0 Å². The zero-order valence-electron chi connectivity index (χ0n) is 36.7. The Morgan fingerprint density at radius 1 is 0.473 bits per heavy atom. The molecule has 0 saturated carbocycles. The fraction of sp³-hybridized carbons (Fsp3) is 0.898. The van der Waals surface area contributed by atoms with Crippen molar-refractivity contribution in [2.75, 3.05) is 6.61 Å². The maximum absolute atomic E-state index is 12.4. The molecule has 0 aromatic rings. The number of rotatable bonds is 44. The third-order valence-corrected chi connectivity index (χ3v) is 11.4. The van der Waals surface area contributed by atoms with E-state index in [9.17, 15) is 25.2 Å². The quantitative estimate of drug-likeness (QED) is 0.0313. The Morgan fingerprint density at radius 3 is 1.20 bits per heavy atom. The molecular weight excluding hydrogens is 683 g/mol. The molecule has 0 spiro atoms. The lowest BCUT2D eigenvalue weighted by molar-refractivity contribution is -0.132. The van der Waals surface area contributed by atoms with Crippen LogP contribution in [0.5, 0.6) is 0 Å². The summed E-state index contributed by atoms with van der Waals surface area (Å²) in [6, 6.07) is -1.01. The number of aliphatic hydroxyl groups excluding tert-OH is 4. The number of allylic oxidation sites excluding steroid dienone is 3. The van der Waals surface area contributed by atoms with Gasteiger partial charge in [-0.05, 0) is 25.7 Å². The Labute approximate surface area is 342 Å². The van der Waals surface area contributed by atoms with E-state index in [1.54, 1.807) is 6.08 Å². The summed E-state index contributed by atoms with van der Waals surface area (Å²) in [6.45, 7) is 4.02. The van der Waals surface area contributed by atoms with E-state index in [1.165, 1.54) is 193 Å². The number of carbonyl (C=O) groups excluding carboxylic acids is 1. The third kappa shape index (κ3) is 38.1. The number of unbranched alkanes of at least 4 members (excludes halogenated alkanes) is 32. The first-order valence-electron chi connectivity index (χ1n) is 24.2. The van der Waals surface area contributed by atoms with E-state index in [1.807, 2.05) is 6.08 Å². The molecule has 0 aliphatic rings. The average Bonchev–Trinajstić information content (AvgIpc) is 3.19. The molecule has 0 aliphatic heterocycles. The lowest BCUT2D eigenvalue weighted by Gasteiger charge is -2.27. The smallest absolute Gasteiger partial charge is 0.249 e. The second kappa shape index (κ2) is 43.9. The molecule has 1 amide bonds. The second-order valence-electron chi connectivity index (χ2n) is 16.8. The Hall–Kier alpha value is -1.21. The van der Waals surface area contributed by atoms with Gasteiger partial charge in [-0.15, -0.1) is 0 Å². The summed E-state index contributed by atoms with van der Waals surface area (Å²) in [5.41, 5.74) is 0. The minimum atomic E-state index is -1.28. The zero-order chi connectivity index (χ0) is 40.3. The van der Waals surface area contributed by atoms with Crippen molar-refractivity contribution in [2.24, 2.45) is 0 Å². The number of amides is 1. The average molecular weight is 778 g/mol. The maximum Gasteiger partial charge on any atom is 0.249 e. The lowest BCUT2D eigenvalue weighted by atomic mass is 9.99. The van der Waals surface area contributed by atoms with Gasteiger partial charge in [-0.3, -0.25) is 4.79 Å². The van der Waals surface area contributed by atoms with Crippen LogP contribution in [0, 0.1) is 0 Å². The minimum absolute atomic E-state index is 0.160. The van der Waals surface area contributed by atoms with E-state index in [0.29, 0.717) is 6.42 Å². The number of hydrogen-bond acceptors (Lipinski definition) is 5. The van der Waals surface area contributed by atoms with Crippen molar-refractivity contribution in [1.29, 1.82) is 0 Å². The number of aliphatic hydroxyl groups is 4. The van der Waals surface area contributed by atoms with Crippen molar-refractivity contribution in [1.82, 2.24) is 5.32 Å². The van der Waals surface area contributed by atoms with Crippen LogP contribution in [0.3, 0.4) is 0 Å². The van der Waals surface area contributed by atoms with Gasteiger partial charge in [0.1, 0.15) is 12.2 Å². The highest BCUT2D eigenvalue weighted by atomic mass is 16.3. The first-order chi connectivity index (χ1) is 27.0. The molecular formula is C49H95NO5. The Balaban J connectivity index is 3.64. The van der Waals surface area contributed by atoms with Crippen LogP contribution in [0.15, 0.2) is 24.3 Å². The SMILES string of the molecule is CCCCCCCC/C=C\C/C=C\CC(O)C(=O)NC(CO)C(O)C(O)CCCCCCCCCCCCCCCCCCCCCCCCCCCCC. The van der Waals surface area contributed by atoms with Crippen LogP contribution in [0.25, 0.3) is 0 Å². The molecule has 0 aliphatic carbocycles. The van der Waals surface area contributed by atoms with Gasteiger partial charge in [-0.1, -0.05) is 244 Å². The van der Waals surface area contributed by atoms with E-state index in [2.05, 4.69) is 31.3 Å². The summed E-state index contributed by atoms with van der Waals surface area (Å²) >= 11 is 0. The van der Waals surface area contributed by atoms with E-state index in [0.717, 1.165) is 32.1 Å². The summed E-state index contributed by atoms with van der Waals surface area (Å²) in [6.07, 6.45) is 51.1. The molecule has 0 rings (SSSR count). The lowest BCUT2D eigenvalue weighted by Crippen LogP contribution is -2.53. The molecule has 0 radical (unpaired) electrons. The van der Waals surface area contributed by atoms with E-state index in [-0.39, 0.29) is 6.42 Å². The largest absolute Gasteiger partial charge is 0.394 e. The molecule has 0 bridgehead atoms. The zero-order valence-corrected chi connectivity index (χ0v) is 36.7. The summed E-state index contributed by atoms with van der Waals surface area (Å²) in [7, 11) is 0. The van der Waals surface area contributed by atoms with Crippen molar-refractivity contribution < 1.29 is 25.2 Å². The normalized spacial score (nSPS) is 14.2. The molecule has 0 fully saturated rings. The summed E-state index contributed by atoms with van der Waals surface area (Å²) in [5.74, 6) is -0.649. The van der Waals surface area contributed by atoms with Crippen LogP contribution in [0.1, 0.15) is 251 Å². The monoisotopic (exact) mass is 778 g/mol. The molecule has 55 heavy (non-hydrogen) atoms. The van der Waals surface area contributed by atoms with Gasteiger partial charge in [0, 0.05) is 6.42 Å². The van der Waals surface area contributed by atoms with Crippen LogP contribution >= 0.6 is 0 Å². The highest BCUT2D eigenvalue weighted by Crippen LogP contribution is 2.17. The van der Waals surface area contributed by atoms with Crippen LogP contribution in [-0.2, 0) is 4.79 Å². The molecule has 0 heterocycles. The van der Waals surface area contributed by atoms with E-state index in [4.69, 9.17) is 0 Å². The molecule has 6 nitrogen and oxygen atoms in total. The Morgan fingerprint density at radius 2 is 0.818 bits per heavy atom. The molecule has 0 aromatic heterocycles. The Bertz CT molecular complexity index is 832. The van der Waals surface area contributed by atoms with Gasteiger partial charge in [0.05, 0.1) is 18.8 Å². The highest BCUT2D eigenvalue weighted by Gasteiger charge is 2.28. The number of hydrogen-bond donors (Lipinski definition) is 5. The summed E-state index contributed by atoms with van der Waals surface area (Å²) in [5, 5.41) is 43.6. The molecule has 4 unspecified atom stereocenters. The van der Waals surface area contributed by atoms with Gasteiger partial charge in [-0.2, -0.15) is 0 Å². The van der Waals surface area contributed by atoms with Gasteiger partial charge in [0.2, 0.25) is 5.91 Å². The fourth-order valence-corrected chi connectivity index (χ4v) is 7.57. The predicted octanol–water partition coefficient (Wildman–Crippen LogP) is 13.1. The molecule has 6 heteroatoms. The van der Waals surface area contributed by atoms with Crippen molar-refractivity contribution in [2.45, 2.75) is 276 Å². The minimum Gasteiger partial charge on any atom is -0.394 e. The number of nitrogens with one attached hydrogen (secondary N) is 1. The van der Waals surface area contributed by atoms with Gasteiger partial charge >= 0.3 is 0 Å². The summed E-state index contributed by atoms with van der Waals surface area (Å²) < 4.78 is 0. The Kier molecular flexibility index (Phi) is 42.9. The van der Waals surface area contributed by atoms with Crippen LogP contribution in [-0.4, -0.2) is 57.3 Å². The van der Waals surface area contributed by atoms with Crippen molar-refractivity contribution >= 4 is 5.91 Å². The third-order valence-electron chi connectivity index (χ3n) is 11.4. The molecule has 4 atom stereocenters. The second-order valence-corrected chi connectivity index (χ2v) is 16.8. The molecule has 0 aromatic carbocycles. The van der Waals surface area contributed by atoms with Gasteiger partial charge in [0.25, 0.3) is 0 Å². The van der Waals surface area contributed by atoms with Gasteiger partial charge < -0.3 is 25.7 Å². The topological polar surface area (TPSA) is 110 Å². The van der Waals surface area contributed by atoms with Crippen molar-refractivity contribution in [3.05, 3.63) is 24.3 Å². The highest BCUT2D eigenvalue weighted by molar-refractivity contribution is 5.81. The predicted molar refractivity (Wildman–Crippen MR) is 237 cm³/mol. The van der Waals surface area contributed by atoms with Crippen LogP contribution in [0.2, 0.25) is 0 Å². The first kappa shape index (κ1) is 53.8. The molecule has 5 N–H and O–H groups in total. The maximum atomic E-state index is 12.4. The molecule has 326 valence electrons. The first-order valence-corrected chi connectivity index (χ1v) is 24.2. The van der Waals surface area contributed by atoms with Crippen molar-refractivity contribution in [3.63, 3.8) is 0 Å². The van der Waals surface area contributed by atoms with Gasteiger partial charge in [0.15, 0.2) is 0 Å². The molecule has 0 saturated heterocycles. The van der Waals surface area contributed by atoms with Crippen LogP contribution in [0.4, 0.5) is 0 Å². The summed E-state index contributed by atoms with van der Waals surface area (Å²) in [4.78, 5) is 12.4. The fourth-order valence-electron chi connectivity index (χ4n) is 7.57. The van der Waals surface area contributed by atoms with E-state index >= 15 is 0 Å². The van der Waals surface area contributed by atoms with Crippen molar-refractivity contribution in [3.8, 4) is 0 Å². The standard InChI is InChI=1S/C49H95NO5/c1-3-5-7-9-11-13-15-17-18-19-20-21-22-23-24-25-26-27-28-29-30-31-33-34-36-38-40-42-46(52)48(54)45(44-51)50-49(55)47(53)43-41-39-37-35-32-16-14-12-10-8-6-4-2/h32,35,39,41,45-48,51-54H,3-31,33-34,36-38,40,42-44H2,1-2H3,(H,50,55)/b35-32-,41-39-. The van der Waals surface area contributed by atoms with Crippen LogP contribution < -0.4 is 5.32 Å². The van der Waals surface area contributed by atoms with E-state index < -0.39 is 36.9 Å². The number of carbonyl (C=O) groups is 1.